The molecule has 0 saturated heterocycles. The zero-order valence-corrected chi connectivity index (χ0v) is 24.5. The summed E-state index contributed by atoms with van der Waals surface area (Å²) in [6.45, 7) is 2.23. The molecule has 42 heavy (non-hydrogen) atoms. The molecule has 5 rings (SSSR count). The van der Waals surface area contributed by atoms with Gasteiger partial charge in [0.05, 0.1) is 22.8 Å². The molecule has 0 N–H and O–H groups in total. The normalized spacial score (nSPS) is 11.2. The van der Waals surface area contributed by atoms with E-state index in [9.17, 15) is 18.0 Å². The Kier molecular flexibility index (Phi) is 8.49. The van der Waals surface area contributed by atoms with E-state index >= 15 is 0 Å². The van der Waals surface area contributed by atoms with E-state index in [0.717, 1.165) is 4.31 Å². The van der Waals surface area contributed by atoms with Gasteiger partial charge >= 0.3 is 5.97 Å². The smallest absolute Gasteiger partial charge is 0.343 e. The number of benzene rings is 5. The third-order valence-electron chi connectivity index (χ3n) is 6.31. The number of nitrogens with zero attached hydrogens (tertiary/aromatic N) is 1. The van der Waals surface area contributed by atoms with Crippen LogP contribution in [0, 0.1) is 0 Å². The number of ether oxygens (including phenoxy) is 2. The summed E-state index contributed by atoms with van der Waals surface area (Å²) < 4.78 is 40.2. The number of rotatable bonds is 8. The Morgan fingerprint density at radius 2 is 1.29 bits per heavy atom. The molecule has 0 unspecified atom stereocenters. The maximum absolute atomic E-state index is 14.1. The van der Waals surface area contributed by atoms with Gasteiger partial charge in [-0.3, -0.25) is 4.79 Å². The maximum Gasteiger partial charge on any atom is 0.343 e. The monoisotopic (exact) mass is 619 g/mol. The highest BCUT2D eigenvalue weighted by Crippen LogP contribution is 2.38. The van der Waals surface area contributed by atoms with Crippen LogP contribution in [0.25, 0.3) is 10.8 Å². The molecule has 212 valence electrons. The molecule has 0 spiro atoms. The zero-order valence-electron chi connectivity index (χ0n) is 22.2. The van der Waals surface area contributed by atoms with Gasteiger partial charge in [0, 0.05) is 26.4 Å². The van der Waals surface area contributed by atoms with Crippen LogP contribution in [0.2, 0.25) is 10.0 Å². The number of fused-ring (bicyclic) bond motifs is 1. The Hall–Kier alpha value is -4.37. The molecule has 0 heterocycles. The van der Waals surface area contributed by atoms with Gasteiger partial charge in [-0.25, -0.2) is 13.2 Å². The summed E-state index contributed by atoms with van der Waals surface area (Å²) >= 11 is 12.0. The molecule has 0 aromatic heterocycles. The Morgan fingerprint density at radius 1 is 0.714 bits per heavy atom. The van der Waals surface area contributed by atoms with Crippen LogP contribution in [0.1, 0.15) is 27.6 Å². The van der Waals surface area contributed by atoms with Gasteiger partial charge in [0.1, 0.15) is 11.5 Å². The molecule has 0 fully saturated rings. The van der Waals surface area contributed by atoms with E-state index in [-0.39, 0.29) is 27.5 Å². The van der Waals surface area contributed by atoms with Gasteiger partial charge in [-0.15, -0.1) is 0 Å². The molecule has 7 nitrogen and oxygen atoms in total. The Bertz CT molecular complexity index is 1870. The molecule has 0 aliphatic rings. The van der Waals surface area contributed by atoms with Crippen molar-refractivity contribution in [3.05, 3.63) is 130 Å². The van der Waals surface area contributed by atoms with Crippen LogP contribution in [0.4, 0.5) is 5.69 Å². The van der Waals surface area contributed by atoms with Crippen molar-refractivity contribution in [1.29, 1.82) is 0 Å². The fraction of sp³-hybridized carbons (Fsp3) is 0.0625. The molecule has 10 heteroatoms. The lowest BCUT2D eigenvalue weighted by Crippen LogP contribution is -2.37. The number of anilines is 1. The molecular weight excluding hydrogens is 597 g/mol. The summed E-state index contributed by atoms with van der Waals surface area (Å²) in [5.74, 6) is -0.742. The minimum absolute atomic E-state index is 0.0747. The van der Waals surface area contributed by atoms with E-state index in [1.165, 1.54) is 72.8 Å². The molecule has 0 radical (unpaired) electrons. The first-order valence-corrected chi connectivity index (χ1v) is 15.0. The van der Waals surface area contributed by atoms with Crippen LogP contribution in [0.5, 0.6) is 11.5 Å². The standard InChI is InChI=1S/C32H23Cl2NO6S/c1-2-40-25-15-17-26(18-16-25)42(38,39)35(31(36)21-7-11-23(33)12-8-21)29-19-20-30(28-6-4-3-5-27(28)29)41-32(37)22-9-13-24(34)14-10-22/h3-20H,2H2,1H3. The van der Waals surface area contributed by atoms with Gasteiger partial charge in [0.2, 0.25) is 0 Å². The average Bonchev–Trinajstić information content (AvgIpc) is 2.99. The highest BCUT2D eigenvalue weighted by Gasteiger charge is 2.33. The van der Waals surface area contributed by atoms with Crippen LogP contribution in [-0.4, -0.2) is 26.9 Å². The summed E-state index contributed by atoms with van der Waals surface area (Å²) in [7, 11) is -4.44. The number of halogens is 2. The fourth-order valence-electron chi connectivity index (χ4n) is 4.30. The number of amides is 1. The fourth-order valence-corrected chi connectivity index (χ4v) is 5.99. The lowest BCUT2D eigenvalue weighted by Gasteiger charge is -2.25. The van der Waals surface area contributed by atoms with Crippen molar-refractivity contribution in [2.45, 2.75) is 11.8 Å². The highest BCUT2D eigenvalue weighted by atomic mass is 35.5. The number of carbonyl (C=O) groups excluding carboxylic acids is 2. The van der Waals surface area contributed by atoms with Crippen LogP contribution >= 0.6 is 23.2 Å². The van der Waals surface area contributed by atoms with Crippen molar-refractivity contribution in [3.8, 4) is 11.5 Å². The predicted octanol–water partition coefficient (Wildman–Crippen LogP) is 7.80. The number of carbonyl (C=O) groups is 2. The topological polar surface area (TPSA) is 90.0 Å². The molecule has 5 aromatic carbocycles. The molecule has 0 aliphatic carbocycles. The van der Waals surface area contributed by atoms with E-state index in [0.29, 0.717) is 33.2 Å². The first kappa shape index (κ1) is 29.1. The molecular formula is C32H23Cl2NO6S. The maximum atomic E-state index is 14.1. The van der Waals surface area contributed by atoms with Gasteiger partial charge in [0.25, 0.3) is 15.9 Å². The van der Waals surface area contributed by atoms with Gasteiger partial charge in [-0.1, -0.05) is 47.5 Å². The van der Waals surface area contributed by atoms with Crippen LogP contribution in [-0.2, 0) is 10.0 Å². The molecule has 1 amide bonds. The van der Waals surface area contributed by atoms with E-state index in [4.69, 9.17) is 32.7 Å². The van der Waals surface area contributed by atoms with Crippen molar-refractivity contribution in [3.63, 3.8) is 0 Å². The highest BCUT2D eigenvalue weighted by molar-refractivity contribution is 7.93. The van der Waals surface area contributed by atoms with Crippen molar-refractivity contribution in [1.82, 2.24) is 0 Å². The minimum Gasteiger partial charge on any atom is -0.494 e. The third-order valence-corrected chi connectivity index (χ3v) is 8.53. The third kappa shape index (κ3) is 5.97. The average molecular weight is 621 g/mol. The summed E-state index contributed by atoms with van der Waals surface area (Å²) in [6, 6.07) is 27.6. The molecule has 0 saturated carbocycles. The van der Waals surface area contributed by atoms with Crippen molar-refractivity contribution >= 4 is 61.6 Å². The quantitative estimate of drug-likeness (QED) is 0.130. The number of sulfonamides is 1. The second-order valence-corrected chi connectivity index (χ2v) is 11.7. The zero-order chi connectivity index (χ0) is 29.9. The van der Waals surface area contributed by atoms with Crippen LogP contribution in [0.3, 0.4) is 0 Å². The first-order chi connectivity index (χ1) is 20.2. The van der Waals surface area contributed by atoms with Crippen molar-refractivity contribution in [2.24, 2.45) is 0 Å². The predicted molar refractivity (Wildman–Crippen MR) is 163 cm³/mol. The summed E-state index contributed by atoms with van der Waals surface area (Å²) in [6.07, 6.45) is 0. The van der Waals surface area contributed by atoms with E-state index in [2.05, 4.69) is 0 Å². The van der Waals surface area contributed by atoms with Gasteiger partial charge in [-0.2, -0.15) is 4.31 Å². The Balaban J connectivity index is 1.64. The molecule has 5 aromatic rings. The van der Waals surface area contributed by atoms with Crippen molar-refractivity contribution in [2.75, 3.05) is 10.9 Å². The second kappa shape index (κ2) is 12.2. The largest absolute Gasteiger partial charge is 0.494 e. The summed E-state index contributed by atoms with van der Waals surface area (Å²) in [5.41, 5.74) is 0.465. The van der Waals surface area contributed by atoms with E-state index in [1.54, 1.807) is 36.4 Å². The second-order valence-electron chi connectivity index (χ2n) is 9.01. The Morgan fingerprint density at radius 3 is 1.88 bits per heavy atom. The minimum atomic E-state index is -4.44. The molecule has 0 bridgehead atoms. The number of hydrogen-bond acceptors (Lipinski definition) is 6. The molecule has 0 aliphatic heterocycles. The lowest BCUT2D eigenvalue weighted by molar-refractivity contribution is 0.0736. The Labute approximate surface area is 252 Å². The number of esters is 1. The number of hydrogen-bond donors (Lipinski definition) is 0. The lowest BCUT2D eigenvalue weighted by atomic mass is 10.1. The SMILES string of the molecule is CCOc1ccc(S(=O)(=O)N(C(=O)c2ccc(Cl)cc2)c2ccc(OC(=O)c3ccc(Cl)cc3)c3ccccc23)cc1. The van der Waals surface area contributed by atoms with Crippen LogP contribution < -0.4 is 13.8 Å². The van der Waals surface area contributed by atoms with Crippen LogP contribution in [0.15, 0.2) is 114 Å². The van der Waals surface area contributed by atoms with Gasteiger partial charge < -0.3 is 9.47 Å². The summed E-state index contributed by atoms with van der Waals surface area (Å²) in [5, 5.41) is 1.66. The summed E-state index contributed by atoms with van der Waals surface area (Å²) in [4.78, 5) is 26.7. The molecule has 0 atom stereocenters. The van der Waals surface area contributed by atoms with Crippen molar-refractivity contribution < 1.29 is 27.5 Å². The van der Waals surface area contributed by atoms with E-state index < -0.39 is 21.9 Å². The van der Waals surface area contributed by atoms with Gasteiger partial charge in [0.15, 0.2) is 0 Å². The first-order valence-electron chi connectivity index (χ1n) is 12.8. The van der Waals surface area contributed by atoms with Gasteiger partial charge in [-0.05, 0) is 91.9 Å². The van der Waals surface area contributed by atoms with E-state index in [1.807, 2.05) is 6.92 Å².